The van der Waals surface area contributed by atoms with Gasteiger partial charge in [0.1, 0.15) is 16.9 Å². The Bertz CT molecular complexity index is 457. The zero-order valence-electron chi connectivity index (χ0n) is 9.60. The summed E-state index contributed by atoms with van der Waals surface area (Å²) in [7, 11) is 0. The van der Waals surface area contributed by atoms with Crippen molar-refractivity contribution in [3.8, 4) is 5.75 Å². The lowest BCUT2D eigenvalue weighted by Gasteiger charge is -2.14. The summed E-state index contributed by atoms with van der Waals surface area (Å²) in [5.74, 6) is 1.33. The summed E-state index contributed by atoms with van der Waals surface area (Å²) in [5, 5.41) is 2.98. The lowest BCUT2D eigenvalue weighted by atomic mass is 10.3. The number of para-hydroxylation sites is 1. The number of halogens is 1. The Kier molecular flexibility index (Phi) is 4.40. The molecule has 1 aromatic heterocycles. The molecule has 0 spiro atoms. The minimum atomic E-state index is 0.0133. The monoisotopic (exact) mass is 267 g/mol. The first-order valence-electron chi connectivity index (χ1n) is 5.55. The van der Waals surface area contributed by atoms with Gasteiger partial charge in [-0.3, -0.25) is 0 Å². The van der Waals surface area contributed by atoms with Crippen molar-refractivity contribution in [1.29, 1.82) is 0 Å². The van der Waals surface area contributed by atoms with Gasteiger partial charge < -0.3 is 4.74 Å². The number of hydrogen-bond donors (Lipinski definition) is 0. The molecule has 0 aliphatic carbocycles. The minimum absolute atomic E-state index is 0.0133. The number of aromatic nitrogens is 1. The number of nitrogens with zero attached hydrogens (tertiary/aromatic N) is 1. The number of benzene rings is 1. The van der Waals surface area contributed by atoms with Crippen LogP contribution in [0.1, 0.15) is 30.2 Å². The first-order chi connectivity index (χ1) is 8.33. The second-order valence-corrected chi connectivity index (χ2v) is 4.80. The minimum Gasteiger partial charge on any atom is -0.483 e. The van der Waals surface area contributed by atoms with E-state index in [9.17, 15) is 0 Å². The van der Waals surface area contributed by atoms with Crippen molar-refractivity contribution < 1.29 is 4.74 Å². The van der Waals surface area contributed by atoms with E-state index < -0.39 is 0 Å². The molecule has 17 heavy (non-hydrogen) atoms. The Morgan fingerprint density at radius 2 is 2.12 bits per heavy atom. The van der Waals surface area contributed by atoms with Crippen LogP contribution in [0.4, 0.5) is 0 Å². The number of thiazole rings is 1. The van der Waals surface area contributed by atoms with Crippen LogP contribution in [-0.2, 0) is 5.88 Å². The molecule has 1 heterocycles. The molecular formula is C13H14ClNOS. The summed E-state index contributed by atoms with van der Waals surface area (Å²) in [6.45, 7) is 2.09. The Balaban J connectivity index is 2.11. The predicted octanol–water partition coefficient (Wildman–Crippen LogP) is 4.41. The fourth-order valence-electron chi connectivity index (χ4n) is 1.50. The van der Waals surface area contributed by atoms with Crippen molar-refractivity contribution >= 4 is 22.9 Å². The molecule has 0 aliphatic heterocycles. The molecule has 0 amide bonds. The van der Waals surface area contributed by atoms with Crippen LogP contribution < -0.4 is 4.74 Å². The highest BCUT2D eigenvalue weighted by atomic mass is 35.5. The average Bonchev–Trinajstić information content (AvgIpc) is 2.86. The molecule has 90 valence electrons. The van der Waals surface area contributed by atoms with Crippen LogP contribution in [-0.4, -0.2) is 4.98 Å². The fraction of sp³-hybridized carbons (Fsp3) is 0.308. The van der Waals surface area contributed by atoms with Crippen molar-refractivity contribution in [2.24, 2.45) is 0 Å². The zero-order chi connectivity index (χ0) is 12.1. The van der Waals surface area contributed by atoms with Gasteiger partial charge in [-0.1, -0.05) is 25.1 Å². The van der Waals surface area contributed by atoms with Crippen LogP contribution in [0.3, 0.4) is 0 Å². The van der Waals surface area contributed by atoms with E-state index in [2.05, 4.69) is 11.9 Å². The lowest BCUT2D eigenvalue weighted by Crippen LogP contribution is -2.06. The van der Waals surface area contributed by atoms with E-state index in [0.29, 0.717) is 5.88 Å². The lowest BCUT2D eigenvalue weighted by molar-refractivity contribution is 0.200. The van der Waals surface area contributed by atoms with E-state index in [4.69, 9.17) is 16.3 Å². The highest BCUT2D eigenvalue weighted by Gasteiger charge is 2.15. The van der Waals surface area contributed by atoms with Crippen LogP contribution in [0.15, 0.2) is 35.7 Å². The molecule has 1 aromatic carbocycles. The van der Waals surface area contributed by atoms with Gasteiger partial charge in [-0.2, -0.15) is 0 Å². The van der Waals surface area contributed by atoms with Gasteiger partial charge in [-0.25, -0.2) is 4.98 Å². The Morgan fingerprint density at radius 1 is 1.35 bits per heavy atom. The van der Waals surface area contributed by atoms with Gasteiger partial charge in [0.15, 0.2) is 0 Å². The molecule has 0 N–H and O–H groups in total. The SMILES string of the molecule is CCC(Oc1ccccc1)c1nc(CCl)cs1. The van der Waals surface area contributed by atoms with Crippen molar-refractivity contribution in [1.82, 2.24) is 4.98 Å². The van der Waals surface area contributed by atoms with Crippen LogP contribution in [0.5, 0.6) is 5.75 Å². The summed E-state index contributed by atoms with van der Waals surface area (Å²) in [6, 6.07) is 9.82. The van der Waals surface area contributed by atoms with Gasteiger partial charge >= 0.3 is 0 Å². The van der Waals surface area contributed by atoms with Crippen molar-refractivity contribution in [3.05, 3.63) is 46.4 Å². The Hall–Kier alpha value is -1.06. The summed E-state index contributed by atoms with van der Waals surface area (Å²) in [4.78, 5) is 4.46. The van der Waals surface area contributed by atoms with Gasteiger partial charge in [-0.05, 0) is 18.6 Å². The molecule has 0 fully saturated rings. The van der Waals surface area contributed by atoms with Crippen LogP contribution in [0.2, 0.25) is 0 Å². The zero-order valence-corrected chi connectivity index (χ0v) is 11.2. The van der Waals surface area contributed by atoms with Gasteiger partial charge in [0.05, 0.1) is 11.6 Å². The van der Waals surface area contributed by atoms with Gasteiger partial charge in [0, 0.05) is 5.38 Å². The smallest absolute Gasteiger partial charge is 0.150 e. The molecule has 0 saturated carbocycles. The third-order valence-electron chi connectivity index (χ3n) is 2.37. The summed E-state index contributed by atoms with van der Waals surface area (Å²) < 4.78 is 5.91. The standard InChI is InChI=1S/C13H14ClNOS/c1-2-12(13-15-10(8-14)9-17-13)16-11-6-4-3-5-7-11/h3-7,9,12H,2,8H2,1H3. The predicted molar refractivity (Wildman–Crippen MR) is 71.8 cm³/mol. The van der Waals surface area contributed by atoms with Crippen LogP contribution >= 0.6 is 22.9 Å². The normalized spacial score (nSPS) is 12.4. The molecule has 0 aliphatic rings. The summed E-state index contributed by atoms with van der Waals surface area (Å²) in [5.41, 5.74) is 0.918. The molecule has 2 nitrogen and oxygen atoms in total. The average molecular weight is 268 g/mol. The van der Waals surface area contributed by atoms with Gasteiger partial charge in [-0.15, -0.1) is 22.9 Å². The molecule has 2 rings (SSSR count). The highest BCUT2D eigenvalue weighted by Crippen LogP contribution is 2.27. The van der Waals surface area contributed by atoms with E-state index in [1.807, 2.05) is 35.7 Å². The maximum Gasteiger partial charge on any atom is 0.150 e. The number of hydrogen-bond acceptors (Lipinski definition) is 3. The Labute approximate surface area is 110 Å². The van der Waals surface area contributed by atoms with E-state index in [-0.39, 0.29) is 6.10 Å². The second-order valence-electron chi connectivity index (χ2n) is 3.64. The molecular weight excluding hydrogens is 254 g/mol. The van der Waals surface area contributed by atoms with E-state index in [1.165, 1.54) is 0 Å². The summed E-state index contributed by atoms with van der Waals surface area (Å²) >= 11 is 7.36. The fourth-order valence-corrected chi connectivity index (χ4v) is 2.66. The molecule has 0 bridgehead atoms. The van der Waals surface area contributed by atoms with E-state index in [1.54, 1.807) is 11.3 Å². The number of alkyl halides is 1. The topological polar surface area (TPSA) is 22.1 Å². The third-order valence-corrected chi connectivity index (χ3v) is 3.63. The van der Waals surface area contributed by atoms with Crippen LogP contribution in [0, 0.1) is 0 Å². The first-order valence-corrected chi connectivity index (χ1v) is 6.97. The molecule has 1 atom stereocenters. The van der Waals surface area contributed by atoms with Crippen LogP contribution in [0.25, 0.3) is 0 Å². The molecule has 2 aromatic rings. The quantitative estimate of drug-likeness (QED) is 0.749. The molecule has 1 unspecified atom stereocenters. The maximum absolute atomic E-state index is 5.91. The van der Waals surface area contributed by atoms with Crippen molar-refractivity contribution in [3.63, 3.8) is 0 Å². The number of rotatable bonds is 5. The molecule has 4 heteroatoms. The molecule has 0 radical (unpaired) electrons. The third kappa shape index (κ3) is 3.20. The summed E-state index contributed by atoms with van der Waals surface area (Å²) in [6.07, 6.45) is 0.906. The van der Waals surface area contributed by atoms with Gasteiger partial charge in [0.2, 0.25) is 0 Å². The van der Waals surface area contributed by atoms with E-state index >= 15 is 0 Å². The van der Waals surface area contributed by atoms with E-state index in [0.717, 1.165) is 22.9 Å². The second kappa shape index (κ2) is 6.03. The first kappa shape index (κ1) is 12.4. The molecule has 0 saturated heterocycles. The maximum atomic E-state index is 5.91. The van der Waals surface area contributed by atoms with Crippen molar-refractivity contribution in [2.45, 2.75) is 25.3 Å². The van der Waals surface area contributed by atoms with Crippen molar-refractivity contribution in [2.75, 3.05) is 0 Å². The Morgan fingerprint density at radius 3 is 2.71 bits per heavy atom. The number of ether oxygens (including phenoxy) is 1. The largest absolute Gasteiger partial charge is 0.483 e. The van der Waals surface area contributed by atoms with Gasteiger partial charge in [0.25, 0.3) is 0 Å². The highest BCUT2D eigenvalue weighted by molar-refractivity contribution is 7.09.